The Balaban J connectivity index is 2.58. The molecule has 1 heterocycles. The van der Waals surface area contributed by atoms with Gasteiger partial charge in [0.25, 0.3) is 0 Å². The molecule has 82 valence electrons. The monoisotopic (exact) mass is 201 g/mol. The minimum absolute atomic E-state index is 0.126. The number of nitrogens with zero attached hydrogens (tertiary/aromatic N) is 1. The normalized spacial score (nSPS) is 33.1. The Morgan fingerprint density at radius 3 is 2.64 bits per heavy atom. The van der Waals surface area contributed by atoms with Crippen LogP contribution in [0.15, 0.2) is 0 Å². The summed E-state index contributed by atoms with van der Waals surface area (Å²) in [6.45, 7) is 3.98. The van der Waals surface area contributed by atoms with Crippen LogP contribution < -0.4 is 0 Å². The largest absolute Gasteiger partial charge is 0.458 e. The van der Waals surface area contributed by atoms with Crippen molar-refractivity contribution >= 4 is 5.97 Å². The second-order valence-electron chi connectivity index (χ2n) is 4.06. The predicted octanol–water partition coefficient (Wildman–Crippen LogP) is 0.657. The van der Waals surface area contributed by atoms with Crippen LogP contribution in [0.4, 0.5) is 0 Å². The van der Waals surface area contributed by atoms with Crippen molar-refractivity contribution in [2.45, 2.75) is 38.5 Å². The van der Waals surface area contributed by atoms with Crippen LogP contribution in [0.25, 0.3) is 0 Å². The van der Waals surface area contributed by atoms with Crippen molar-refractivity contribution in [3.8, 4) is 0 Å². The van der Waals surface area contributed by atoms with Crippen molar-refractivity contribution < 1.29 is 14.3 Å². The molecular formula is C10H19NO3. The fourth-order valence-corrected chi connectivity index (χ4v) is 1.80. The van der Waals surface area contributed by atoms with Gasteiger partial charge in [-0.2, -0.15) is 0 Å². The molecule has 0 amide bonds. The molecule has 1 aliphatic rings. The van der Waals surface area contributed by atoms with Gasteiger partial charge in [0, 0.05) is 6.92 Å². The van der Waals surface area contributed by atoms with Crippen molar-refractivity contribution in [2.75, 3.05) is 20.7 Å². The number of hydrogen-bond acceptors (Lipinski definition) is 4. The Morgan fingerprint density at radius 2 is 2.14 bits per heavy atom. The van der Waals surface area contributed by atoms with Crippen molar-refractivity contribution in [1.82, 2.24) is 4.90 Å². The van der Waals surface area contributed by atoms with Gasteiger partial charge >= 0.3 is 5.97 Å². The third-order valence-electron chi connectivity index (χ3n) is 2.53. The molecule has 14 heavy (non-hydrogen) atoms. The first kappa shape index (κ1) is 11.5. The zero-order chi connectivity index (χ0) is 10.7. The minimum atomic E-state index is -0.236. The highest BCUT2D eigenvalue weighted by molar-refractivity contribution is 5.66. The van der Waals surface area contributed by atoms with Gasteiger partial charge in [-0.05, 0) is 27.4 Å². The van der Waals surface area contributed by atoms with E-state index in [1.54, 1.807) is 0 Å². The molecular weight excluding hydrogens is 182 g/mol. The van der Waals surface area contributed by atoms with Crippen molar-refractivity contribution in [2.24, 2.45) is 0 Å². The number of carbonyl (C=O) groups is 1. The average Bonchev–Trinajstić information content (AvgIpc) is 2.07. The minimum Gasteiger partial charge on any atom is -0.458 e. The van der Waals surface area contributed by atoms with E-state index in [0.29, 0.717) is 6.61 Å². The lowest BCUT2D eigenvalue weighted by Crippen LogP contribution is -2.49. The van der Waals surface area contributed by atoms with Gasteiger partial charge in [0.1, 0.15) is 6.10 Å². The van der Waals surface area contributed by atoms with E-state index in [9.17, 15) is 4.79 Å². The van der Waals surface area contributed by atoms with Crippen LogP contribution in [0, 0.1) is 0 Å². The maximum atomic E-state index is 10.9. The fourth-order valence-electron chi connectivity index (χ4n) is 1.80. The molecule has 3 atom stereocenters. The molecule has 0 N–H and O–H groups in total. The maximum absolute atomic E-state index is 10.9. The summed E-state index contributed by atoms with van der Waals surface area (Å²) in [5, 5.41) is 0. The second-order valence-corrected chi connectivity index (χ2v) is 4.06. The van der Waals surface area contributed by atoms with Gasteiger partial charge < -0.3 is 14.4 Å². The molecule has 4 nitrogen and oxygen atoms in total. The molecule has 0 spiro atoms. The molecule has 1 fully saturated rings. The zero-order valence-corrected chi connectivity index (χ0v) is 9.32. The van der Waals surface area contributed by atoms with Crippen LogP contribution in [0.2, 0.25) is 0 Å². The summed E-state index contributed by atoms with van der Waals surface area (Å²) in [6, 6.07) is 0.266. The Bertz CT molecular complexity index is 206. The smallest absolute Gasteiger partial charge is 0.303 e. The van der Waals surface area contributed by atoms with E-state index in [4.69, 9.17) is 9.47 Å². The third-order valence-corrected chi connectivity index (χ3v) is 2.53. The topological polar surface area (TPSA) is 38.8 Å². The summed E-state index contributed by atoms with van der Waals surface area (Å²) in [6.07, 6.45) is 1.03. The predicted molar refractivity (Wildman–Crippen MR) is 53.1 cm³/mol. The maximum Gasteiger partial charge on any atom is 0.303 e. The number of likely N-dealkylation sites (N-methyl/N-ethyl adjacent to an activating group) is 1. The summed E-state index contributed by atoms with van der Waals surface area (Å²) >= 11 is 0. The van der Waals surface area contributed by atoms with Gasteiger partial charge in [0.05, 0.1) is 18.8 Å². The molecule has 0 aromatic carbocycles. The van der Waals surface area contributed by atoms with Gasteiger partial charge in [0.15, 0.2) is 0 Å². The number of carbonyl (C=O) groups excluding carboxylic acids is 1. The molecule has 1 aliphatic heterocycles. The molecule has 1 rings (SSSR count). The highest BCUT2D eigenvalue weighted by atomic mass is 16.6. The summed E-state index contributed by atoms with van der Waals surface area (Å²) in [7, 11) is 4.00. The van der Waals surface area contributed by atoms with Crippen LogP contribution in [0.1, 0.15) is 20.3 Å². The fraction of sp³-hybridized carbons (Fsp3) is 0.900. The van der Waals surface area contributed by atoms with E-state index >= 15 is 0 Å². The molecule has 0 aromatic heterocycles. The molecule has 0 bridgehead atoms. The van der Waals surface area contributed by atoms with Gasteiger partial charge in [-0.3, -0.25) is 4.79 Å². The molecule has 0 aliphatic carbocycles. The van der Waals surface area contributed by atoms with E-state index in [2.05, 4.69) is 4.90 Å². The number of esters is 1. The highest BCUT2D eigenvalue weighted by Gasteiger charge is 2.32. The Morgan fingerprint density at radius 1 is 1.50 bits per heavy atom. The first-order chi connectivity index (χ1) is 6.50. The van der Waals surface area contributed by atoms with E-state index in [1.807, 2.05) is 21.0 Å². The summed E-state index contributed by atoms with van der Waals surface area (Å²) in [5.41, 5.74) is 0. The summed E-state index contributed by atoms with van der Waals surface area (Å²) < 4.78 is 10.7. The molecule has 1 saturated heterocycles. The highest BCUT2D eigenvalue weighted by Crippen LogP contribution is 2.20. The molecule has 0 unspecified atom stereocenters. The number of rotatable bonds is 2. The van der Waals surface area contributed by atoms with Crippen LogP contribution >= 0.6 is 0 Å². The number of ether oxygens (including phenoxy) is 2. The van der Waals surface area contributed by atoms with Crippen LogP contribution in [0.3, 0.4) is 0 Å². The Labute approximate surface area is 85.2 Å². The average molecular weight is 201 g/mol. The van der Waals surface area contributed by atoms with Crippen molar-refractivity contribution in [3.63, 3.8) is 0 Å². The third kappa shape index (κ3) is 2.96. The van der Waals surface area contributed by atoms with E-state index in [1.165, 1.54) is 6.92 Å². The van der Waals surface area contributed by atoms with E-state index < -0.39 is 0 Å². The first-order valence-electron chi connectivity index (χ1n) is 4.96. The van der Waals surface area contributed by atoms with Crippen LogP contribution in [0.5, 0.6) is 0 Å². The quantitative estimate of drug-likeness (QED) is 0.615. The molecule has 0 saturated carbocycles. The molecule has 0 radical (unpaired) electrons. The lowest BCUT2D eigenvalue weighted by atomic mass is 10.0. The van der Waals surface area contributed by atoms with Crippen LogP contribution in [-0.4, -0.2) is 49.8 Å². The lowest BCUT2D eigenvalue weighted by Gasteiger charge is -2.37. The Kier molecular flexibility index (Phi) is 3.89. The van der Waals surface area contributed by atoms with E-state index in [0.717, 1.165) is 6.42 Å². The van der Waals surface area contributed by atoms with Gasteiger partial charge in [-0.25, -0.2) is 0 Å². The second kappa shape index (κ2) is 4.75. The van der Waals surface area contributed by atoms with Gasteiger partial charge in [-0.15, -0.1) is 0 Å². The van der Waals surface area contributed by atoms with Crippen molar-refractivity contribution in [1.29, 1.82) is 0 Å². The standard InChI is InChI=1S/C10H19NO3/c1-7-5-9(11(3)4)10(6-13-7)14-8(2)12/h7,9-10H,5-6H2,1-4H3/t7-,9-,10+/m1/s1. The van der Waals surface area contributed by atoms with Gasteiger partial charge in [0.2, 0.25) is 0 Å². The van der Waals surface area contributed by atoms with Crippen LogP contribution in [-0.2, 0) is 14.3 Å². The molecule has 0 aromatic rings. The summed E-state index contributed by atoms with van der Waals surface area (Å²) in [4.78, 5) is 13.0. The molecule has 4 heteroatoms. The van der Waals surface area contributed by atoms with E-state index in [-0.39, 0.29) is 24.2 Å². The summed E-state index contributed by atoms with van der Waals surface area (Å²) in [5.74, 6) is -0.236. The number of hydrogen-bond donors (Lipinski definition) is 0. The van der Waals surface area contributed by atoms with Gasteiger partial charge in [-0.1, -0.05) is 0 Å². The first-order valence-corrected chi connectivity index (χ1v) is 4.96. The Hall–Kier alpha value is -0.610. The van der Waals surface area contributed by atoms with Crippen molar-refractivity contribution in [3.05, 3.63) is 0 Å². The zero-order valence-electron chi connectivity index (χ0n) is 9.32. The lowest BCUT2D eigenvalue weighted by molar-refractivity contribution is -0.163. The SMILES string of the molecule is CC(=O)O[C@H]1CO[C@H](C)C[C@H]1N(C)C.